The van der Waals surface area contributed by atoms with Crippen LogP contribution in [0, 0.1) is 0 Å². The molecule has 1 aliphatic heterocycles. The number of anilines is 2. The molecule has 4 heterocycles. The number of aliphatic hydroxyl groups excluding tert-OH is 1. The van der Waals surface area contributed by atoms with Crippen molar-refractivity contribution in [2.45, 2.75) is 45.4 Å². The van der Waals surface area contributed by atoms with Gasteiger partial charge in [0.05, 0.1) is 23.7 Å². The minimum absolute atomic E-state index is 0.0636. The smallest absolute Gasteiger partial charge is 0.277 e. The van der Waals surface area contributed by atoms with Crippen LogP contribution in [0.3, 0.4) is 0 Å². The number of aliphatic hydroxyl groups is 1. The predicted molar refractivity (Wildman–Crippen MR) is 131 cm³/mol. The quantitative estimate of drug-likeness (QED) is 0.419. The molecule has 0 bridgehead atoms. The molecule has 34 heavy (non-hydrogen) atoms. The molecule has 1 atom stereocenters. The number of nitrogens with zero attached hydrogens (tertiary/aromatic N) is 5. The van der Waals surface area contributed by atoms with E-state index >= 15 is 0 Å². The monoisotopic (exact) mass is 457 g/mol. The second kappa shape index (κ2) is 8.58. The van der Waals surface area contributed by atoms with Crippen LogP contribution in [0.5, 0.6) is 0 Å². The zero-order valence-electron chi connectivity index (χ0n) is 19.4. The molecule has 1 aliphatic rings. The third-order valence-corrected chi connectivity index (χ3v) is 6.02. The van der Waals surface area contributed by atoms with Crippen molar-refractivity contribution in [3.8, 4) is 11.4 Å². The lowest BCUT2D eigenvalue weighted by Gasteiger charge is -2.33. The van der Waals surface area contributed by atoms with E-state index in [9.17, 15) is 9.90 Å². The Hall–Kier alpha value is -3.69. The molecular weight excluding hydrogens is 430 g/mol. The van der Waals surface area contributed by atoms with Gasteiger partial charge < -0.3 is 15.7 Å². The van der Waals surface area contributed by atoms with Crippen LogP contribution in [0.15, 0.2) is 53.6 Å². The van der Waals surface area contributed by atoms with E-state index in [1.54, 1.807) is 13.1 Å². The van der Waals surface area contributed by atoms with Gasteiger partial charge in [-0.2, -0.15) is 5.10 Å². The fourth-order valence-electron chi connectivity index (χ4n) is 4.39. The number of nitrogens with one attached hydrogen (secondary N) is 2. The number of pyridine rings is 1. The van der Waals surface area contributed by atoms with Crippen molar-refractivity contribution in [1.82, 2.24) is 30.0 Å². The summed E-state index contributed by atoms with van der Waals surface area (Å²) in [4.78, 5) is 26.4. The van der Waals surface area contributed by atoms with Crippen LogP contribution in [-0.4, -0.2) is 42.5 Å². The van der Waals surface area contributed by atoms with Crippen LogP contribution in [-0.2, 0) is 18.5 Å². The lowest BCUT2D eigenvalue weighted by molar-refractivity contribution is 0.166. The molecule has 0 radical (unpaired) electrons. The molecule has 9 heteroatoms. The van der Waals surface area contributed by atoms with Crippen molar-refractivity contribution in [2.75, 3.05) is 11.9 Å². The van der Waals surface area contributed by atoms with E-state index in [2.05, 4.69) is 56.7 Å². The molecule has 5 rings (SSSR count). The highest BCUT2D eigenvalue weighted by Gasteiger charge is 2.27. The number of fused-ring (bicyclic) bond motifs is 2. The molecule has 1 aromatic carbocycles. The number of hydrogen-bond donors (Lipinski definition) is 3. The van der Waals surface area contributed by atoms with Crippen LogP contribution in [0.1, 0.15) is 31.9 Å². The van der Waals surface area contributed by atoms with E-state index in [0.29, 0.717) is 28.2 Å². The fraction of sp³-hybridized carbons (Fsp3) is 0.320. The van der Waals surface area contributed by atoms with Gasteiger partial charge in [-0.25, -0.2) is 14.6 Å². The summed E-state index contributed by atoms with van der Waals surface area (Å²) in [5, 5.41) is 21.4. The predicted octanol–water partition coefficient (Wildman–Crippen LogP) is 2.75. The number of hydrogen-bond acceptors (Lipinski definition) is 8. The summed E-state index contributed by atoms with van der Waals surface area (Å²) < 4.78 is 1.24. The summed E-state index contributed by atoms with van der Waals surface area (Å²) in [6.45, 7) is 7.88. The zero-order chi connectivity index (χ0) is 23.9. The third-order valence-electron chi connectivity index (χ3n) is 6.02. The van der Waals surface area contributed by atoms with Gasteiger partial charge in [0.1, 0.15) is 11.2 Å². The summed E-state index contributed by atoms with van der Waals surface area (Å²) in [6, 6.07) is 11.8. The first-order valence-electron chi connectivity index (χ1n) is 11.3. The first kappa shape index (κ1) is 22.1. The Balaban J connectivity index is 1.58. The summed E-state index contributed by atoms with van der Waals surface area (Å²) in [6.07, 6.45) is 2.43. The number of aromatic nitrogens is 5. The van der Waals surface area contributed by atoms with E-state index in [-0.39, 0.29) is 17.5 Å². The highest BCUT2D eigenvalue weighted by atomic mass is 16.3. The van der Waals surface area contributed by atoms with Crippen molar-refractivity contribution in [1.29, 1.82) is 0 Å². The van der Waals surface area contributed by atoms with Gasteiger partial charge in [-0.15, -0.1) is 0 Å². The second-order valence-electron chi connectivity index (χ2n) is 9.34. The largest absolute Gasteiger partial charge is 0.391 e. The van der Waals surface area contributed by atoms with Crippen molar-refractivity contribution in [2.24, 2.45) is 0 Å². The molecule has 0 spiro atoms. The normalized spacial score (nSPS) is 15.6. The molecule has 9 nitrogen and oxygen atoms in total. The van der Waals surface area contributed by atoms with Gasteiger partial charge in [-0.3, -0.25) is 9.78 Å². The van der Waals surface area contributed by atoms with Gasteiger partial charge in [0, 0.05) is 36.6 Å². The molecule has 3 aromatic heterocycles. The van der Waals surface area contributed by atoms with E-state index in [1.165, 1.54) is 22.0 Å². The molecule has 4 aromatic rings. The summed E-state index contributed by atoms with van der Waals surface area (Å²) >= 11 is 0. The molecular formula is C25H27N7O2. The Kier molecular flexibility index (Phi) is 5.59. The maximum absolute atomic E-state index is 13.0. The van der Waals surface area contributed by atoms with Gasteiger partial charge in [0.25, 0.3) is 5.56 Å². The maximum atomic E-state index is 13.0. The van der Waals surface area contributed by atoms with Gasteiger partial charge in [0.15, 0.2) is 0 Å². The molecule has 174 valence electrons. The molecule has 0 amide bonds. The van der Waals surface area contributed by atoms with Gasteiger partial charge >= 0.3 is 0 Å². The van der Waals surface area contributed by atoms with Gasteiger partial charge in [-0.1, -0.05) is 26.0 Å². The average molecular weight is 458 g/mol. The van der Waals surface area contributed by atoms with E-state index in [1.807, 2.05) is 24.3 Å². The molecule has 1 unspecified atom stereocenters. The minimum Gasteiger partial charge on any atom is -0.391 e. The molecule has 3 N–H and O–H groups in total. The Bertz CT molecular complexity index is 1410. The minimum atomic E-state index is -0.732. The SMILES string of the molecule is CC(O)Cn1nc(-c2ccccn2)c2nc(Nc3ccc4c(c3)CNCC4(C)C)ncc2c1=O. The molecule has 0 fully saturated rings. The summed E-state index contributed by atoms with van der Waals surface area (Å²) in [5.74, 6) is 0.363. The lowest BCUT2D eigenvalue weighted by Crippen LogP contribution is -2.38. The van der Waals surface area contributed by atoms with E-state index in [4.69, 9.17) is 0 Å². The van der Waals surface area contributed by atoms with E-state index in [0.717, 1.165) is 18.8 Å². The Morgan fingerprint density at radius 3 is 2.85 bits per heavy atom. The Morgan fingerprint density at radius 2 is 2.09 bits per heavy atom. The zero-order valence-corrected chi connectivity index (χ0v) is 19.4. The lowest BCUT2D eigenvalue weighted by atomic mass is 9.79. The fourth-order valence-corrected chi connectivity index (χ4v) is 4.39. The summed E-state index contributed by atoms with van der Waals surface area (Å²) in [5.41, 5.74) is 4.59. The first-order chi connectivity index (χ1) is 16.3. The molecule has 0 aliphatic carbocycles. The van der Waals surface area contributed by atoms with Crippen molar-refractivity contribution >= 4 is 22.5 Å². The first-order valence-corrected chi connectivity index (χ1v) is 11.3. The van der Waals surface area contributed by atoms with Gasteiger partial charge in [0.2, 0.25) is 5.95 Å². The number of rotatable bonds is 5. The van der Waals surface area contributed by atoms with Crippen LogP contribution < -0.4 is 16.2 Å². The number of benzene rings is 1. The van der Waals surface area contributed by atoms with Crippen molar-refractivity contribution in [3.63, 3.8) is 0 Å². The van der Waals surface area contributed by atoms with Crippen molar-refractivity contribution in [3.05, 3.63) is 70.3 Å². The standard InChI is InChI=1S/C25H27N7O2/c1-15(33)13-32-23(34)18-12-28-24(30-21(18)22(31-32)20-6-4-5-9-27-20)29-17-7-8-19-16(10-17)11-26-14-25(19,2)3/h4-10,12,15,26,33H,11,13-14H2,1-3H3,(H,28,29,30). The van der Waals surface area contributed by atoms with Crippen LogP contribution in [0.2, 0.25) is 0 Å². The molecule has 0 saturated heterocycles. The van der Waals surface area contributed by atoms with Gasteiger partial charge in [-0.05, 0) is 42.3 Å². The highest BCUT2D eigenvalue weighted by Crippen LogP contribution is 2.32. The van der Waals surface area contributed by atoms with Crippen LogP contribution >= 0.6 is 0 Å². The highest BCUT2D eigenvalue weighted by molar-refractivity contribution is 5.89. The van der Waals surface area contributed by atoms with Crippen LogP contribution in [0.25, 0.3) is 22.3 Å². The second-order valence-corrected chi connectivity index (χ2v) is 9.34. The van der Waals surface area contributed by atoms with Crippen molar-refractivity contribution < 1.29 is 5.11 Å². The molecule has 0 saturated carbocycles. The topological polar surface area (TPSA) is 118 Å². The Morgan fingerprint density at radius 1 is 1.24 bits per heavy atom. The Labute approximate surface area is 196 Å². The average Bonchev–Trinajstić information content (AvgIpc) is 2.81. The van der Waals surface area contributed by atoms with E-state index < -0.39 is 6.10 Å². The van der Waals surface area contributed by atoms with Crippen LogP contribution in [0.4, 0.5) is 11.6 Å². The summed E-state index contributed by atoms with van der Waals surface area (Å²) in [7, 11) is 0. The third kappa shape index (κ3) is 4.15. The maximum Gasteiger partial charge on any atom is 0.277 e.